The van der Waals surface area contributed by atoms with Crippen LogP contribution < -0.4 is 20.9 Å². The summed E-state index contributed by atoms with van der Waals surface area (Å²) in [5.74, 6) is -3.62. The van der Waals surface area contributed by atoms with Crippen LogP contribution in [0.2, 0.25) is 5.02 Å². The zero-order valence-corrected chi connectivity index (χ0v) is 21.8. The van der Waals surface area contributed by atoms with E-state index in [0.29, 0.717) is 36.9 Å². The highest BCUT2D eigenvalue weighted by molar-refractivity contribution is 6.31. The fraction of sp³-hybridized carbons (Fsp3) is 0.440. The Morgan fingerprint density at radius 2 is 1.74 bits per heavy atom. The van der Waals surface area contributed by atoms with Crippen LogP contribution in [0, 0.1) is 11.6 Å². The van der Waals surface area contributed by atoms with Crippen molar-refractivity contribution in [3.63, 3.8) is 0 Å². The number of piperazine rings is 1. The van der Waals surface area contributed by atoms with E-state index in [-0.39, 0.29) is 30.9 Å². The third-order valence-corrected chi connectivity index (χ3v) is 6.27. The van der Waals surface area contributed by atoms with E-state index in [1.165, 1.54) is 25.1 Å². The number of nitrogens with zero attached hydrogens (tertiary/aromatic N) is 2. The zero-order valence-electron chi connectivity index (χ0n) is 21.0. The van der Waals surface area contributed by atoms with E-state index in [2.05, 4.69) is 16.0 Å². The standard InChI is InChI=1S/C25H29ClF5N5O3/c1-15(37)13-32-24(39)33-14-16-2-4-18(22(28)21(16)27)23(38)34-19-5-3-17(26)12-20(19)36-10-8-35(9-11-36)7-6-25(29,30)31/h2-5,12,15,37H,6-11,13-14H2,1H3,(H,34,38)(H2,32,33,39)/t15-/m1/s1. The summed E-state index contributed by atoms with van der Waals surface area (Å²) in [5, 5.41) is 16.8. The van der Waals surface area contributed by atoms with E-state index >= 15 is 0 Å². The molecule has 1 saturated heterocycles. The van der Waals surface area contributed by atoms with Crippen molar-refractivity contribution in [2.24, 2.45) is 0 Å². The first-order chi connectivity index (χ1) is 18.3. The summed E-state index contributed by atoms with van der Waals surface area (Å²) in [6, 6.07) is 6.17. The zero-order chi connectivity index (χ0) is 28.7. The summed E-state index contributed by atoms with van der Waals surface area (Å²) in [4.78, 5) is 28.1. The van der Waals surface area contributed by atoms with Crippen molar-refractivity contribution in [1.82, 2.24) is 15.5 Å². The lowest BCUT2D eigenvalue weighted by Crippen LogP contribution is -2.47. The second-order valence-electron chi connectivity index (χ2n) is 9.12. The van der Waals surface area contributed by atoms with E-state index in [0.717, 1.165) is 6.07 Å². The van der Waals surface area contributed by atoms with Crippen molar-refractivity contribution >= 4 is 34.9 Å². The molecule has 0 aliphatic carbocycles. The second-order valence-corrected chi connectivity index (χ2v) is 9.56. The number of alkyl halides is 3. The van der Waals surface area contributed by atoms with Gasteiger partial charge in [0.1, 0.15) is 0 Å². The number of hydrogen-bond donors (Lipinski definition) is 4. The molecule has 0 aromatic heterocycles. The highest BCUT2D eigenvalue weighted by Gasteiger charge is 2.29. The molecule has 4 N–H and O–H groups in total. The van der Waals surface area contributed by atoms with Gasteiger partial charge in [-0.1, -0.05) is 17.7 Å². The number of nitrogens with one attached hydrogen (secondary N) is 3. The molecule has 214 valence electrons. The Morgan fingerprint density at radius 3 is 2.38 bits per heavy atom. The third kappa shape index (κ3) is 8.94. The Kier molecular flexibility index (Phi) is 10.3. The first kappa shape index (κ1) is 30.4. The second kappa shape index (κ2) is 13.3. The molecular weight excluding hydrogens is 549 g/mol. The molecule has 2 aromatic rings. The topological polar surface area (TPSA) is 96.9 Å². The van der Waals surface area contributed by atoms with Crippen molar-refractivity contribution < 1.29 is 36.6 Å². The van der Waals surface area contributed by atoms with Gasteiger partial charge in [-0.15, -0.1) is 0 Å². The van der Waals surface area contributed by atoms with E-state index in [1.54, 1.807) is 11.0 Å². The summed E-state index contributed by atoms with van der Waals surface area (Å²) in [5.41, 5.74) is 0.0178. The average Bonchev–Trinajstić information content (AvgIpc) is 2.88. The first-order valence-corrected chi connectivity index (χ1v) is 12.5. The molecule has 3 rings (SSSR count). The Morgan fingerprint density at radius 1 is 1.05 bits per heavy atom. The quantitative estimate of drug-likeness (QED) is 0.336. The van der Waals surface area contributed by atoms with Crippen LogP contribution in [0.4, 0.5) is 38.1 Å². The molecule has 8 nitrogen and oxygen atoms in total. The predicted octanol–water partition coefficient (Wildman–Crippen LogP) is 4.12. The molecule has 1 fully saturated rings. The minimum atomic E-state index is -4.24. The van der Waals surface area contributed by atoms with Crippen LogP contribution in [0.15, 0.2) is 30.3 Å². The number of hydrogen-bond acceptors (Lipinski definition) is 5. The molecule has 0 saturated carbocycles. The number of halogens is 6. The van der Waals surface area contributed by atoms with Crippen molar-refractivity contribution in [2.75, 3.05) is 49.5 Å². The van der Waals surface area contributed by atoms with E-state index in [9.17, 15) is 36.6 Å². The van der Waals surface area contributed by atoms with Gasteiger partial charge in [-0.25, -0.2) is 13.6 Å². The molecule has 0 unspecified atom stereocenters. The molecule has 0 bridgehead atoms. The molecule has 1 heterocycles. The first-order valence-electron chi connectivity index (χ1n) is 12.2. The van der Waals surface area contributed by atoms with Crippen LogP contribution >= 0.6 is 11.6 Å². The van der Waals surface area contributed by atoms with Crippen LogP contribution in [0.1, 0.15) is 29.3 Å². The normalized spacial score (nSPS) is 15.1. The minimum absolute atomic E-state index is 0.0256. The molecule has 0 radical (unpaired) electrons. The number of carbonyl (C=O) groups excluding carboxylic acids is 2. The number of carbonyl (C=O) groups is 2. The molecule has 14 heteroatoms. The van der Waals surface area contributed by atoms with Gasteiger partial charge in [0.25, 0.3) is 5.91 Å². The minimum Gasteiger partial charge on any atom is -0.392 e. The summed E-state index contributed by atoms with van der Waals surface area (Å²) in [6.07, 6.45) is -5.92. The van der Waals surface area contributed by atoms with Gasteiger partial charge in [0.05, 0.1) is 29.5 Å². The summed E-state index contributed by atoms with van der Waals surface area (Å²) in [7, 11) is 0. The summed E-state index contributed by atoms with van der Waals surface area (Å²) in [6.45, 7) is 2.45. The van der Waals surface area contributed by atoms with Crippen LogP contribution in [-0.2, 0) is 6.54 Å². The van der Waals surface area contributed by atoms with Crippen LogP contribution in [0.5, 0.6) is 0 Å². The van der Waals surface area contributed by atoms with Gasteiger partial charge in [0.15, 0.2) is 11.6 Å². The highest BCUT2D eigenvalue weighted by atomic mass is 35.5. The fourth-order valence-corrected chi connectivity index (χ4v) is 4.11. The van der Waals surface area contributed by atoms with Crippen molar-refractivity contribution in [1.29, 1.82) is 0 Å². The molecule has 2 aromatic carbocycles. The summed E-state index contributed by atoms with van der Waals surface area (Å²) >= 11 is 6.14. The van der Waals surface area contributed by atoms with E-state index in [4.69, 9.17) is 11.6 Å². The third-order valence-electron chi connectivity index (χ3n) is 6.04. The summed E-state index contributed by atoms with van der Waals surface area (Å²) < 4.78 is 67.1. The van der Waals surface area contributed by atoms with E-state index < -0.39 is 47.8 Å². The maximum Gasteiger partial charge on any atom is 0.390 e. The average molecular weight is 578 g/mol. The maximum atomic E-state index is 14.8. The molecule has 39 heavy (non-hydrogen) atoms. The lowest BCUT2D eigenvalue weighted by Gasteiger charge is -2.37. The molecule has 1 aliphatic heterocycles. The van der Waals surface area contributed by atoms with E-state index in [1.807, 2.05) is 4.90 Å². The molecule has 1 atom stereocenters. The smallest absolute Gasteiger partial charge is 0.390 e. The number of aliphatic hydroxyl groups excluding tert-OH is 1. The Hall–Kier alpha value is -3.16. The molecular formula is C25H29ClF5N5O3. The Bertz CT molecular complexity index is 1170. The van der Waals surface area contributed by atoms with Gasteiger partial charge in [-0.05, 0) is 31.2 Å². The van der Waals surface area contributed by atoms with Gasteiger partial charge >= 0.3 is 12.2 Å². The molecule has 3 amide bonds. The van der Waals surface area contributed by atoms with Crippen molar-refractivity contribution in [3.05, 3.63) is 58.1 Å². The lowest BCUT2D eigenvalue weighted by atomic mass is 10.1. The van der Waals surface area contributed by atoms with Crippen molar-refractivity contribution in [2.45, 2.75) is 32.2 Å². The molecule has 1 aliphatic rings. The van der Waals surface area contributed by atoms with Crippen LogP contribution in [-0.4, -0.2) is 73.5 Å². The van der Waals surface area contributed by atoms with Crippen LogP contribution in [0.3, 0.4) is 0 Å². The maximum absolute atomic E-state index is 14.8. The number of benzene rings is 2. The number of urea groups is 1. The number of amides is 3. The van der Waals surface area contributed by atoms with Gasteiger partial charge < -0.3 is 26.0 Å². The Labute approximate surface area is 227 Å². The SMILES string of the molecule is C[C@@H](O)CNC(=O)NCc1ccc(C(=O)Nc2ccc(Cl)cc2N2CCN(CCC(F)(F)F)CC2)c(F)c1F. The van der Waals surface area contributed by atoms with Crippen molar-refractivity contribution in [3.8, 4) is 0 Å². The van der Waals surface area contributed by atoms with Gasteiger partial charge in [-0.3, -0.25) is 9.69 Å². The number of anilines is 2. The fourth-order valence-electron chi connectivity index (χ4n) is 3.94. The Balaban J connectivity index is 1.67. The monoisotopic (exact) mass is 577 g/mol. The van der Waals surface area contributed by atoms with Gasteiger partial charge in [0.2, 0.25) is 0 Å². The predicted molar refractivity (Wildman–Crippen MR) is 137 cm³/mol. The number of rotatable bonds is 9. The van der Waals surface area contributed by atoms with Crippen LogP contribution in [0.25, 0.3) is 0 Å². The van der Waals surface area contributed by atoms with Gasteiger partial charge in [-0.2, -0.15) is 13.2 Å². The number of aliphatic hydroxyl groups is 1. The molecule has 0 spiro atoms. The lowest BCUT2D eigenvalue weighted by molar-refractivity contribution is -0.138. The highest BCUT2D eigenvalue weighted by Crippen LogP contribution is 2.31. The largest absolute Gasteiger partial charge is 0.392 e. The van der Waals surface area contributed by atoms with Gasteiger partial charge in [0, 0.05) is 56.4 Å².